The van der Waals surface area contributed by atoms with E-state index < -0.39 is 5.97 Å². The molecule has 6 nitrogen and oxygen atoms in total. The number of hydrogen-bond acceptors (Lipinski definition) is 5. The zero-order valence-electron chi connectivity index (χ0n) is 15.3. The number of ether oxygens (including phenoxy) is 3. The molecule has 0 bridgehead atoms. The predicted octanol–water partition coefficient (Wildman–Crippen LogP) is 3.97. The largest absolute Gasteiger partial charge is 0.484 e. The second-order valence-electron chi connectivity index (χ2n) is 5.66. The summed E-state index contributed by atoms with van der Waals surface area (Å²) in [7, 11) is 0. The molecule has 0 heterocycles. The molecule has 0 radical (unpaired) electrons. The fraction of sp³-hybridized carbons (Fsp3) is 0.300. The smallest absolute Gasteiger partial charge is 0.338 e. The monoisotopic (exact) mass is 435 g/mol. The molecule has 0 aliphatic carbocycles. The van der Waals surface area contributed by atoms with Crippen LogP contribution in [0.25, 0.3) is 0 Å². The van der Waals surface area contributed by atoms with Gasteiger partial charge < -0.3 is 19.5 Å². The van der Waals surface area contributed by atoms with Gasteiger partial charge in [0.05, 0.1) is 12.2 Å². The molecule has 2 rings (SSSR count). The zero-order chi connectivity index (χ0) is 19.6. The highest BCUT2D eigenvalue weighted by Gasteiger charge is 2.10. The van der Waals surface area contributed by atoms with Crippen LogP contribution in [0.1, 0.15) is 22.8 Å². The van der Waals surface area contributed by atoms with Crippen LogP contribution < -0.4 is 10.1 Å². The standard InChI is InChI=1S/C20H22BrNO5/c1-3-25-9-10-26-20(24)15-5-4-6-16(12-15)22-19(23)13-27-17-7-8-18(21)14(2)11-17/h4-8,11-12H,3,9-10,13H2,1-2H3,(H,22,23). The first-order valence-corrected chi connectivity index (χ1v) is 9.32. The molecule has 0 spiro atoms. The number of nitrogens with one attached hydrogen (secondary N) is 1. The third kappa shape index (κ3) is 7.03. The van der Waals surface area contributed by atoms with E-state index in [2.05, 4.69) is 21.2 Å². The highest BCUT2D eigenvalue weighted by atomic mass is 79.9. The van der Waals surface area contributed by atoms with Crippen LogP contribution in [0.3, 0.4) is 0 Å². The average molecular weight is 436 g/mol. The van der Waals surface area contributed by atoms with E-state index in [0.717, 1.165) is 10.0 Å². The van der Waals surface area contributed by atoms with Gasteiger partial charge in [-0.05, 0) is 55.8 Å². The van der Waals surface area contributed by atoms with Crippen LogP contribution in [0.15, 0.2) is 46.9 Å². The van der Waals surface area contributed by atoms with E-state index in [-0.39, 0.29) is 19.1 Å². The lowest BCUT2D eigenvalue weighted by molar-refractivity contribution is -0.118. The van der Waals surface area contributed by atoms with E-state index in [1.54, 1.807) is 30.3 Å². The van der Waals surface area contributed by atoms with Gasteiger partial charge in [-0.2, -0.15) is 0 Å². The Morgan fingerprint density at radius 2 is 1.93 bits per heavy atom. The minimum atomic E-state index is -0.465. The molecule has 0 atom stereocenters. The lowest BCUT2D eigenvalue weighted by Gasteiger charge is -2.10. The number of esters is 1. The third-order valence-corrected chi connectivity index (χ3v) is 4.44. The van der Waals surface area contributed by atoms with Crippen molar-refractivity contribution in [3.63, 3.8) is 0 Å². The molecule has 2 aromatic carbocycles. The molecule has 0 fully saturated rings. The summed E-state index contributed by atoms with van der Waals surface area (Å²) in [4.78, 5) is 24.1. The Morgan fingerprint density at radius 1 is 1.11 bits per heavy atom. The Kier molecular flexibility index (Phi) is 8.29. The van der Waals surface area contributed by atoms with Crippen LogP contribution in [0.5, 0.6) is 5.75 Å². The Bertz CT molecular complexity index is 794. The van der Waals surface area contributed by atoms with Gasteiger partial charge >= 0.3 is 5.97 Å². The van der Waals surface area contributed by atoms with Crippen LogP contribution in [-0.2, 0) is 14.3 Å². The van der Waals surface area contributed by atoms with Gasteiger partial charge in [0.2, 0.25) is 0 Å². The highest BCUT2D eigenvalue weighted by molar-refractivity contribution is 9.10. The summed E-state index contributed by atoms with van der Waals surface area (Å²) in [6.07, 6.45) is 0. The van der Waals surface area contributed by atoms with Gasteiger partial charge in [-0.3, -0.25) is 4.79 Å². The number of halogens is 1. The fourth-order valence-electron chi connectivity index (χ4n) is 2.20. The lowest BCUT2D eigenvalue weighted by atomic mass is 10.2. The van der Waals surface area contributed by atoms with Crippen LogP contribution in [0.4, 0.5) is 5.69 Å². The van der Waals surface area contributed by atoms with E-state index in [9.17, 15) is 9.59 Å². The van der Waals surface area contributed by atoms with E-state index in [0.29, 0.717) is 30.2 Å². The van der Waals surface area contributed by atoms with Crippen molar-refractivity contribution in [1.29, 1.82) is 0 Å². The minimum absolute atomic E-state index is 0.135. The predicted molar refractivity (Wildman–Crippen MR) is 106 cm³/mol. The van der Waals surface area contributed by atoms with Gasteiger partial charge in [0, 0.05) is 16.8 Å². The molecule has 2 aromatic rings. The maximum absolute atomic E-state index is 12.1. The van der Waals surface area contributed by atoms with Crippen molar-refractivity contribution in [3.05, 3.63) is 58.1 Å². The van der Waals surface area contributed by atoms with Crippen LogP contribution in [-0.4, -0.2) is 38.3 Å². The zero-order valence-corrected chi connectivity index (χ0v) is 16.9. The molecular formula is C20H22BrNO5. The normalized spacial score (nSPS) is 10.3. The topological polar surface area (TPSA) is 73.9 Å². The molecule has 0 saturated heterocycles. The summed E-state index contributed by atoms with van der Waals surface area (Å²) < 4.78 is 16.7. The maximum atomic E-state index is 12.1. The highest BCUT2D eigenvalue weighted by Crippen LogP contribution is 2.21. The Labute approximate surface area is 166 Å². The van der Waals surface area contributed by atoms with E-state index in [1.165, 1.54) is 0 Å². The Hall–Kier alpha value is -2.38. The lowest BCUT2D eigenvalue weighted by Crippen LogP contribution is -2.20. The molecule has 1 amide bonds. The summed E-state index contributed by atoms with van der Waals surface area (Å²) in [5.74, 6) is -0.178. The van der Waals surface area contributed by atoms with Crippen LogP contribution >= 0.6 is 15.9 Å². The first-order valence-electron chi connectivity index (χ1n) is 8.53. The number of benzene rings is 2. The quantitative estimate of drug-likeness (QED) is 0.476. The Balaban J connectivity index is 1.86. The molecule has 1 N–H and O–H groups in total. The van der Waals surface area contributed by atoms with Crippen LogP contribution in [0.2, 0.25) is 0 Å². The number of carbonyl (C=O) groups excluding carboxylic acids is 2. The van der Waals surface area contributed by atoms with Crippen molar-refractivity contribution in [2.45, 2.75) is 13.8 Å². The first kappa shape index (κ1) is 20.9. The summed E-state index contributed by atoms with van der Waals surface area (Å²) >= 11 is 3.42. The van der Waals surface area contributed by atoms with Gasteiger partial charge in [0.25, 0.3) is 5.91 Å². The fourth-order valence-corrected chi connectivity index (χ4v) is 2.44. The second kappa shape index (κ2) is 10.7. The van der Waals surface area contributed by atoms with Gasteiger partial charge in [-0.25, -0.2) is 4.79 Å². The van der Waals surface area contributed by atoms with Gasteiger partial charge in [-0.1, -0.05) is 22.0 Å². The second-order valence-corrected chi connectivity index (χ2v) is 6.52. The van der Waals surface area contributed by atoms with Gasteiger partial charge in [0.1, 0.15) is 12.4 Å². The van der Waals surface area contributed by atoms with E-state index in [4.69, 9.17) is 14.2 Å². The van der Waals surface area contributed by atoms with Crippen molar-refractivity contribution < 1.29 is 23.8 Å². The molecule has 0 saturated carbocycles. The Morgan fingerprint density at radius 3 is 2.67 bits per heavy atom. The average Bonchev–Trinajstić information content (AvgIpc) is 2.66. The van der Waals surface area contributed by atoms with Crippen molar-refractivity contribution in [2.75, 3.05) is 31.7 Å². The number of hydrogen-bond donors (Lipinski definition) is 1. The van der Waals surface area contributed by atoms with Crippen molar-refractivity contribution in [1.82, 2.24) is 0 Å². The number of amides is 1. The number of anilines is 1. The molecular weight excluding hydrogens is 414 g/mol. The summed E-state index contributed by atoms with van der Waals surface area (Å²) in [6.45, 7) is 4.78. The molecule has 0 aliphatic heterocycles. The number of rotatable bonds is 9. The summed E-state index contributed by atoms with van der Waals surface area (Å²) in [5.41, 5.74) is 1.87. The number of aryl methyl sites for hydroxylation is 1. The van der Waals surface area contributed by atoms with Gasteiger partial charge in [-0.15, -0.1) is 0 Å². The van der Waals surface area contributed by atoms with Crippen molar-refractivity contribution in [2.24, 2.45) is 0 Å². The molecule has 0 aliphatic rings. The van der Waals surface area contributed by atoms with Gasteiger partial charge in [0.15, 0.2) is 6.61 Å². The molecule has 7 heteroatoms. The first-order chi connectivity index (χ1) is 13.0. The van der Waals surface area contributed by atoms with Crippen molar-refractivity contribution in [3.8, 4) is 5.75 Å². The SMILES string of the molecule is CCOCCOC(=O)c1cccc(NC(=O)COc2ccc(Br)c(C)c2)c1. The number of carbonyl (C=O) groups is 2. The molecule has 0 aromatic heterocycles. The molecule has 144 valence electrons. The summed E-state index contributed by atoms with van der Waals surface area (Å²) in [6, 6.07) is 12.0. The summed E-state index contributed by atoms with van der Waals surface area (Å²) in [5, 5.41) is 2.70. The third-order valence-electron chi connectivity index (χ3n) is 3.55. The van der Waals surface area contributed by atoms with Crippen molar-refractivity contribution >= 4 is 33.5 Å². The molecule has 0 unspecified atom stereocenters. The van der Waals surface area contributed by atoms with E-state index in [1.807, 2.05) is 26.0 Å². The van der Waals surface area contributed by atoms with Crippen LogP contribution in [0, 0.1) is 6.92 Å². The minimum Gasteiger partial charge on any atom is -0.484 e. The maximum Gasteiger partial charge on any atom is 0.338 e. The molecule has 27 heavy (non-hydrogen) atoms. The van der Waals surface area contributed by atoms with E-state index >= 15 is 0 Å².